The molecule has 0 aliphatic heterocycles. The summed E-state index contributed by atoms with van der Waals surface area (Å²) in [7, 11) is -3.38. The third-order valence-corrected chi connectivity index (χ3v) is 2.79. The van der Waals surface area contributed by atoms with Crippen LogP contribution in [0.1, 0.15) is 19.8 Å². The molecule has 0 aromatic heterocycles. The van der Waals surface area contributed by atoms with Crippen molar-refractivity contribution in [3.63, 3.8) is 0 Å². The fraction of sp³-hybridized carbons (Fsp3) is 0.857. The molecule has 0 aliphatic rings. The molecular weight excluding hydrogens is 194 g/mol. The number of carboxylic acids is 1. The molecule has 0 atom stereocenters. The molecule has 0 heterocycles. The van der Waals surface area contributed by atoms with Crippen molar-refractivity contribution in [2.24, 2.45) is 0 Å². The highest BCUT2D eigenvalue weighted by atomic mass is 32.2. The Hall–Kier alpha value is -0.620. The maximum Gasteiger partial charge on any atom is 0.318 e. The van der Waals surface area contributed by atoms with Gasteiger partial charge in [-0.05, 0) is 6.42 Å². The van der Waals surface area contributed by atoms with Gasteiger partial charge in [-0.3, -0.25) is 4.79 Å². The van der Waals surface area contributed by atoms with Crippen LogP contribution < -0.4 is 0 Å². The second-order valence-corrected chi connectivity index (χ2v) is 4.83. The summed E-state index contributed by atoms with van der Waals surface area (Å²) in [6, 6.07) is 0. The molecule has 78 valence electrons. The molecule has 6 heteroatoms. The zero-order chi connectivity index (χ0) is 10.5. The van der Waals surface area contributed by atoms with Crippen LogP contribution >= 0.6 is 0 Å². The summed E-state index contributed by atoms with van der Waals surface area (Å²) in [6.45, 7) is 1.75. The van der Waals surface area contributed by atoms with Crippen molar-refractivity contribution < 1.29 is 18.3 Å². The van der Waals surface area contributed by atoms with Gasteiger partial charge in [0.25, 0.3) is 0 Å². The van der Waals surface area contributed by atoms with Crippen LogP contribution in [0, 0.1) is 0 Å². The van der Waals surface area contributed by atoms with Gasteiger partial charge in [0.15, 0.2) is 0 Å². The van der Waals surface area contributed by atoms with E-state index in [1.807, 2.05) is 6.92 Å². The predicted octanol–water partition coefficient (Wildman–Crippen LogP) is 0.133. The first kappa shape index (κ1) is 12.4. The Kier molecular flexibility index (Phi) is 4.94. The molecule has 5 nitrogen and oxygen atoms in total. The number of nitrogens with zero attached hydrogens (tertiary/aromatic N) is 1. The van der Waals surface area contributed by atoms with Crippen molar-refractivity contribution >= 4 is 16.0 Å². The summed E-state index contributed by atoms with van der Waals surface area (Å²) in [4.78, 5) is 10.3. The van der Waals surface area contributed by atoms with E-state index in [-0.39, 0.29) is 6.54 Å². The lowest BCUT2D eigenvalue weighted by atomic mass is 10.3. The second-order valence-electron chi connectivity index (χ2n) is 2.84. The van der Waals surface area contributed by atoms with Gasteiger partial charge in [0.2, 0.25) is 10.0 Å². The molecule has 13 heavy (non-hydrogen) atoms. The van der Waals surface area contributed by atoms with Gasteiger partial charge in [0.05, 0.1) is 6.26 Å². The van der Waals surface area contributed by atoms with Crippen LogP contribution in [0.2, 0.25) is 0 Å². The Morgan fingerprint density at radius 3 is 2.31 bits per heavy atom. The number of carboxylic acid groups (broad SMARTS) is 1. The average molecular weight is 209 g/mol. The number of hydrogen-bond acceptors (Lipinski definition) is 3. The molecule has 0 bridgehead atoms. The van der Waals surface area contributed by atoms with Crippen molar-refractivity contribution in [3.8, 4) is 0 Å². The number of rotatable bonds is 6. The van der Waals surface area contributed by atoms with Crippen molar-refractivity contribution in [2.45, 2.75) is 19.8 Å². The van der Waals surface area contributed by atoms with Gasteiger partial charge in [0, 0.05) is 6.54 Å². The lowest BCUT2D eigenvalue weighted by Gasteiger charge is -2.16. The fourth-order valence-electron chi connectivity index (χ4n) is 0.847. The van der Waals surface area contributed by atoms with E-state index in [0.717, 1.165) is 17.0 Å². The van der Waals surface area contributed by atoms with Crippen molar-refractivity contribution in [3.05, 3.63) is 0 Å². The Balaban J connectivity index is 4.29. The van der Waals surface area contributed by atoms with E-state index in [4.69, 9.17) is 5.11 Å². The molecule has 0 aromatic rings. The van der Waals surface area contributed by atoms with Gasteiger partial charge in [-0.2, -0.15) is 4.31 Å². The summed E-state index contributed by atoms with van der Waals surface area (Å²) in [5.74, 6) is -1.12. The molecule has 0 aliphatic carbocycles. The molecule has 0 amide bonds. The first-order chi connectivity index (χ1) is 5.88. The van der Waals surface area contributed by atoms with E-state index in [0.29, 0.717) is 6.42 Å². The van der Waals surface area contributed by atoms with Gasteiger partial charge in [0.1, 0.15) is 6.54 Å². The molecular formula is C7H15NO4S. The smallest absolute Gasteiger partial charge is 0.318 e. The Bertz CT molecular complexity index is 260. The Labute approximate surface area is 78.4 Å². The maximum absolute atomic E-state index is 11.0. The fourth-order valence-corrected chi connectivity index (χ4v) is 1.65. The summed E-state index contributed by atoms with van der Waals surface area (Å²) < 4.78 is 23.0. The zero-order valence-corrected chi connectivity index (χ0v) is 8.67. The average Bonchev–Trinajstić information content (AvgIpc) is 1.95. The summed E-state index contributed by atoms with van der Waals surface area (Å²) in [6.07, 6.45) is 2.54. The molecule has 0 fully saturated rings. The van der Waals surface area contributed by atoms with Crippen LogP contribution in [0.4, 0.5) is 0 Å². The SMILES string of the molecule is CCCCN(CC(=O)O)S(C)(=O)=O. The minimum atomic E-state index is -3.38. The van der Waals surface area contributed by atoms with Crippen molar-refractivity contribution in [1.82, 2.24) is 4.31 Å². The van der Waals surface area contributed by atoms with E-state index < -0.39 is 22.5 Å². The van der Waals surface area contributed by atoms with Crippen LogP contribution in [0.3, 0.4) is 0 Å². The number of hydrogen-bond donors (Lipinski definition) is 1. The monoisotopic (exact) mass is 209 g/mol. The minimum Gasteiger partial charge on any atom is -0.480 e. The van der Waals surface area contributed by atoms with E-state index in [1.165, 1.54) is 0 Å². The molecule has 0 rings (SSSR count). The highest BCUT2D eigenvalue weighted by Crippen LogP contribution is 2.00. The lowest BCUT2D eigenvalue weighted by molar-refractivity contribution is -0.137. The lowest BCUT2D eigenvalue weighted by Crippen LogP contribution is -2.35. The van der Waals surface area contributed by atoms with Gasteiger partial charge < -0.3 is 5.11 Å². The summed E-state index contributed by atoms with van der Waals surface area (Å²) in [5, 5.41) is 8.44. The molecule has 1 N–H and O–H groups in total. The normalized spacial score (nSPS) is 11.9. The molecule has 0 spiro atoms. The molecule has 0 radical (unpaired) electrons. The van der Waals surface area contributed by atoms with Crippen LogP contribution in [0.25, 0.3) is 0 Å². The third kappa shape index (κ3) is 5.59. The van der Waals surface area contributed by atoms with E-state index in [1.54, 1.807) is 0 Å². The summed E-state index contributed by atoms with van der Waals surface area (Å²) in [5.41, 5.74) is 0. The Morgan fingerprint density at radius 1 is 1.46 bits per heavy atom. The van der Waals surface area contributed by atoms with Crippen LogP contribution in [-0.2, 0) is 14.8 Å². The van der Waals surface area contributed by atoms with Gasteiger partial charge in [-0.25, -0.2) is 8.42 Å². The van der Waals surface area contributed by atoms with E-state index in [9.17, 15) is 13.2 Å². The standard InChI is InChI=1S/C7H15NO4S/c1-3-4-5-8(6-7(9)10)13(2,11)12/h3-6H2,1-2H3,(H,9,10). The zero-order valence-electron chi connectivity index (χ0n) is 7.86. The van der Waals surface area contributed by atoms with Gasteiger partial charge in [-0.1, -0.05) is 13.3 Å². The van der Waals surface area contributed by atoms with Crippen molar-refractivity contribution in [2.75, 3.05) is 19.3 Å². The number of carbonyl (C=O) groups is 1. The third-order valence-electron chi connectivity index (χ3n) is 1.54. The van der Waals surface area contributed by atoms with E-state index in [2.05, 4.69) is 0 Å². The van der Waals surface area contributed by atoms with E-state index >= 15 is 0 Å². The highest BCUT2D eigenvalue weighted by molar-refractivity contribution is 7.88. The molecule has 0 saturated heterocycles. The first-order valence-corrected chi connectivity index (χ1v) is 5.89. The predicted molar refractivity (Wildman–Crippen MR) is 49.0 cm³/mol. The second kappa shape index (κ2) is 5.18. The van der Waals surface area contributed by atoms with Gasteiger partial charge in [-0.15, -0.1) is 0 Å². The topological polar surface area (TPSA) is 74.7 Å². The largest absolute Gasteiger partial charge is 0.480 e. The highest BCUT2D eigenvalue weighted by Gasteiger charge is 2.18. The number of sulfonamides is 1. The molecule has 0 unspecified atom stereocenters. The Morgan fingerprint density at radius 2 is 2.00 bits per heavy atom. The van der Waals surface area contributed by atoms with Crippen LogP contribution in [-0.4, -0.2) is 43.1 Å². The number of unbranched alkanes of at least 4 members (excludes halogenated alkanes) is 1. The van der Waals surface area contributed by atoms with Crippen LogP contribution in [0.15, 0.2) is 0 Å². The molecule has 0 aromatic carbocycles. The first-order valence-electron chi connectivity index (χ1n) is 4.05. The number of aliphatic carboxylic acids is 1. The molecule has 0 saturated carbocycles. The van der Waals surface area contributed by atoms with Gasteiger partial charge >= 0.3 is 5.97 Å². The van der Waals surface area contributed by atoms with Crippen LogP contribution in [0.5, 0.6) is 0 Å². The minimum absolute atomic E-state index is 0.279. The van der Waals surface area contributed by atoms with Crippen molar-refractivity contribution in [1.29, 1.82) is 0 Å². The quantitative estimate of drug-likeness (QED) is 0.675. The maximum atomic E-state index is 11.0. The summed E-state index contributed by atoms with van der Waals surface area (Å²) >= 11 is 0.